The smallest absolute Gasteiger partial charge is 0.193 e. The molecule has 0 spiro atoms. The summed E-state index contributed by atoms with van der Waals surface area (Å²) in [5, 5.41) is 4.77. The molecule has 5 heterocycles. The Balaban J connectivity index is 1.63. The zero-order valence-corrected chi connectivity index (χ0v) is 17.2. The fourth-order valence-electron chi connectivity index (χ4n) is 4.16. The topological polar surface area (TPSA) is 46.3 Å². The van der Waals surface area contributed by atoms with Crippen molar-refractivity contribution in [3.05, 3.63) is 64.7 Å². The maximum Gasteiger partial charge on any atom is 0.193 e. The minimum absolute atomic E-state index is 0.0337. The Morgan fingerprint density at radius 2 is 2.04 bits per heavy atom. The van der Waals surface area contributed by atoms with Crippen LogP contribution in [0.4, 0.5) is 0 Å². The Hall–Kier alpha value is -2.12. The average molecular weight is 396 g/mol. The van der Waals surface area contributed by atoms with Crippen LogP contribution in [-0.4, -0.2) is 36.4 Å². The van der Waals surface area contributed by atoms with Gasteiger partial charge in [0.25, 0.3) is 0 Å². The zero-order chi connectivity index (χ0) is 18.5. The lowest BCUT2D eigenvalue weighted by Crippen LogP contribution is -2.28. The summed E-state index contributed by atoms with van der Waals surface area (Å²) >= 11 is 3.55. The normalized spacial score (nSPS) is 24.3. The average Bonchev–Trinajstić information content (AvgIpc) is 3.40. The summed E-state index contributed by atoms with van der Waals surface area (Å²) < 4.78 is 2.26. The summed E-state index contributed by atoms with van der Waals surface area (Å²) in [5.74, 6) is 0. The quantitative estimate of drug-likeness (QED) is 0.653. The highest BCUT2D eigenvalue weighted by atomic mass is 32.2. The van der Waals surface area contributed by atoms with Gasteiger partial charge >= 0.3 is 0 Å². The second-order valence-electron chi connectivity index (χ2n) is 7.11. The Labute approximate surface area is 167 Å². The Morgan fingerprint density at radius 3 is 2.78 bits per heavy atom. The molecule has 1 saturated heterocycles. The number of aliphatic imine (C=N–C) groups is 1. The molecule has 0 unspecified atom stereocenters. The van der Waals surface area contributed by atoms with Gasteiger partial charge in [-0.15, -0.1) is 11.3 Å². The van der Waals surface area contributed by atoms with Gasteiger partial charge in [0, 0.05) is 41.0 Å². The minimum atomic E-state index is 0.0337. The van der Waals surface area contributed by atoms with E-state index in [1.165, 1.54) is 17.0 Å². The first-order valence-corrected chi connectivity index (χ1v) is 10.9. The highest BCUT2D eigenvalue weighted by Gasteiger charge is 2.44. The lowest BCUT2D eigenvalue weighted by atomic mass is 9.96. The predicted molar refractivity (Wildman–Crippen MR) is 112 cm³/mol. The molecule has 0 amide bonds. The number of fused-ring (bicyclic) bond motifs is 1. The molecule has 3 aromatic rings. The van der Waals surface area contributed by atoms with Gasteiger partial charge in [0.15, 0.2) is 10.3 Å². The molecule has 3 aromatic heterocycles. The first-order valence-electron chi connectivity index (χ1n) is 9.14. The van der Waals surface area contributed by atoms with Gasteiger partial charge in [-0.1, -0.05) is 24.8 Å². The largest absolute Gasteiger partial charge is 0.341 e. The molecule has 5 nitrogen and oxygen atoms in total. The van der Waals surface area contributed by atoms with Crippen molar-refractivity contribution in [2.45, 2.75) is 38.1 Å². The van der Waals surface area contributed by atoms with Gasteiger partial charge in [-0.2, -0.15) is 0 Å². The van der Waals surface area contributed by atoms with Crippen LogP contribution in [-0.2, 0) is 0 Å². The van der Waals surface area contributed by atoms with Crippen LogP contribution in [0.3, 0.4) is 0 Å². The van der Waals surface area contributed by atoms with Crippen molar-refractivity contribution in [1.29, 1.82) is 0 Å². The van der Waals surface area contributed by atoms with Crippen LogP contribution in [0.2, 0.25) is 0 Å². The summed E-state index contributed by atoms with van der Waals surface area (Å²) in [6.45, 7) is 7.66. The first-order chi connectivity index (χ1) is 13.1. The predicted octanol–water partition coefficient (Wildman–Crippen LogP) is 4.53. The molecule has 7 heteroatoms. The number of thiazole rings is 1. The molecule has 0 aromatic carbocycles. The van der Waals surface area contributed by atoms with Gasteiger partial charge in [-0.3, -0.25) is 14.5 Å². The van der Waals surface area contributed by atoms with Gasteiger partial charge in [0.1, 0.15) is 6.04 Å². The van der Waals surface area contributed by atoms with Crippen LogP contribution in [0.15, 0.2) is 47.0 Å². The maximum atomic E-state index is 5.09. The molecule has 0 aliphatic carbocycles. The highest BCUT2D eigenvalue weighted by Crippen LogP contribution is 2.48. The standard InChI is InChI=1S/C20H21N5S2/c1-12-10-15(14(3)25(12)19-22-8-9-26-19)18-17(16-6-4-5-7-21-16)23-20-24(18)11-13(2)27-20/h4-10,13,17-18H,11H2,1-3H3/t13-,17-,18-/m0/s1. The van der Waals surface area contributed by atoms with Gasteiger partial charge in [0.05, 0.1) is 11.7 Å². The van der Waals surface area contributed by atoms with Crippen molar-refractivity contribution in [1.82, 2.24) is 19.4 Å². The van der Waals surface area contributed by atoms with Crippen molar-refractivity contribution in [2.75, 3.05) is 6.54 Å². The van der Waals surface area contributed by atoms with Crippen LogP contribution in [0.1, 0.15) is 41.7 Å². The molecule has 5 rings (SSSR count). The third-order valence-corrected chi connectivity index (χ3v) is 7.14. The second kappa shape index (κ2) is 6.49. The summed E-state index contributed by atoms with van der Waals surface area (Å²) in [5.41, 5.74) is 4.82. The molecule has 2 aliphatic heterocycles. The van der Waals surface area contributed by atoms with Gasteiger partial charge in [-0.05, 0) is 37.6 Å². The third kappa shape index (κ3) is 2.72. The fraction of sp³-hybridized carbons (Fsp3) is 0.350. The zero-order valence-electron chi connectivity index (χ0n) is 15.5. The van der Waals surface area contributed by atoms with Gasteiger partial charge in [-0.25, -0.2) is 4.98 Å². The SMILES string of the molecule is Cc1cc([C@H]2[C@H](c3ccccn3)N=C3S[C@@H](C)CN32)c(C)n1-c1nccs1. The number of hydrogen-bond acceptors (Lipinski definition) is 6. The van der Waals surface area contributed by atoms with Crippen molar-refractivity contribution in [3.8, 4) is 5.13 Å². The van der Waals surface area contributed by atoms with E-state index < -0.39 is 0 Å². The van der Waals surface area contributed by atoms with E-state index in [-0.39, 0.29) is 12.1 Å². The van der Waals surface area contributed by atoms with Crippen LogP contribution < -0.4 is 0 Å². The van der Waals surface area contributed by atoms with E-state index in [0.717, 1.165) is 22.5 Å². The van der Waals surface area contributed by atoms with E-state index >= 15 is 0 Å². The van der Waals surface area contributed by atoms with E-state index in [2.05, 4.69) is 58.4 Å². The van der Waals surface area contributed by atoms with Crippen molar-refractivity contribution < 1.29 is 0 Å². The third-order valence-electron chi connectivity index (χ3n) is 5.28. The fourth-order valence-corrected chi connectivity index (χ4v) is 6.01. The number of nitrogens with zero attached hydrogens (tertiary/aromatic N) is 5. The minimum Gasteiger partial charge on any atom is -0.341 e. The van der Waals surface area contributed by atoms with Crippen LogP contribution in [0, 0.1) is 13.8 Å². The molecule has 0 N–H and O–H groups in total. The van der Waals surface area contributed by atoms with E-state index in [1.54, 1.807) is 11.3 Å². The lowest BCUT2D eigenvalue weighted by Gasteiger charge is -2.27. The monoisotopic (exact) mass is 395 g/mol. The Kier molecular flexibility index (Phi) is 4.09. The molecule has 2 aliphatic rings. The second-order valence-corrected chi connectivity index (χ2v) is 9.39. The molecule has 0 saturated carbocycles. The molecule has 3 atom stereocenters. The van der Waals surface area contributed by atoms with E-state index in [9.17, 15) is 0 Å². The summed E-state index contributed by atoms with van der Waals surface area (Å²) in [7, 11) is 0. The molecule has 0 bridgehead atoms. The van der Waals surface area contributed by atoms with E-state index in [1.807, 2.05) is 35.6 Å². The summed E-state index contributed by atoms with van der Waals surface area (Å²) in [4.78, 5) is 16.7. The van der Waals surface area contributed by atoms with Gasteiger partial charge < -0.3 is 4.90 Å². The van der Waals surface area contributed by atoms with Crippen LogP contribution >= 0.6 is 23.1 Å². The van der Waals surface area contributed by atoms with Crippen molar-refractivity contribution >= 4 is 28.3 Å². The number of thioether (sulfide) groups is 1. The first kappa shape index (κ1) is 17.0. The van der Waals surface area contributed by atoms with E-state index in [4.69, 9.17) is 4.99 Å². The van der Waals surface area contributed by atoms with E-state index in [0.29, 0.717) is 5.25 Å². The molecule has 1 fully saturated rings. The number of pyridine rings is 1. The number of rotatable bonds is 3. The Morgan fingerprint density at radius 1 is 1.15 bits per heavy atom. The maximum absolute atomic E-state index is 5.09. The molecular weight excluding hydrogens is 374 g/mol. The lowest BCUT2D eigenvalue weighted by molar-refractivity contribution is 0.320. The number of aryl methyl sites for hydroxylation is 1. The summed E-state index contributed by atoms with van der Waals surface area (Å²) in [6.07, 6.45) is 3.73. The molecule has 138 valence electrons. The van der Waals surface area contributed by atoms with Crippen molar-refractivity contribution in [3.63, 3.8) is 0 Å². The number of aromatic nitrogens is 3. The van der Waals surface area contributed by atoms with Crippen LogP contribution in [0.25, 0.3) is 5.13 Å². The van der Waals surface area contributed by atoms with Crippen LogP contribution in [0.5, 0.6) is 0 Å². The van der Waals surface area contributed by atoms with Gasteiger partial charge in [0.2, 0.25) is 0 Å². The molecule has 27 heavy (non-hydrogen) atoms. The Bertz CT molecular complexity index is 993. The molecular formula is C20H21N5S2. The summed E-state index contributed by atoms with van der Waals surface area (Å²) in [6, 6.07) is 8.64. The molecule has 0 radical (unpaired) electrons. The highest BCUT2D eigenvalue weighted by molar-refractivity contribution is 8.14. The number of hydrogen-bond donors (Lipinski definition) is 0. The van der Waals surface area contributed by atoms with Crippen molar-refractivity contribution in [2.24, 2.45) is 4.99 Å². The number of amidine groups is 1.